The van der Waals surface area contributed by atoms with Crippen molar-refractivity contribution in [2.24, 2.45) is 0 Å². The molecule has 4 aromatic rings. The first kappa shape index (κ1) is 11.7. The average molecular weight is 275 g/mol. The van der Waals surface area contributed by atoms with Gasteiger partial charge >= 0.3 is 0 Å². The van der Waals surface area contributed by atoms with Gasteiger partial charge in [-0.25, -0.2) is 4.98 Å². The summed E-state index contributed by atoms with van der Waals surface area (Å²) in [5, 5.41) is 7.25. The monoisotopic (exact) mass is 275 g/mol. The molecule has 0 aliphatic rings. The van der Waals surface area contributed by atoms with Gasteiger partial charge in [0.25, 0.3) is 0 Å². The molecule has 4 rings (SSSR count). The number of nitrogens with two attached hydrogens (primary N) is 1. The second-order valence-electron chi connectivity index (χ2n) is 4.84. The van der Waals surface area contributed by atoms with Gasteiger partial charge in [0.2, 0.25) is 0 Å². The highest BCUT2D eigenvalue weighted by Crippen LogP contribution is 2.30. The average Bonchev–Trinajstić information content (AvgIpc) is 3.15. The van der Waals surface area contributed by atoms with E-state index < -0.39 is 0 Å². The molecule has 0 amide bonds. The number of fused-ring (bicyclic) bond motifs is 1. The zero-order valence-corrected chi connectivity index (χ0v) is 11.2. The van der Waals surface area contributed by atoms with Crippen LogP contribution in [0.2, 0.25) is 0 Å². The minimum absolute atomic E-state index is 0.691. The maximum absolute atomic E-state index is 5.98. The number of para-hydroxylation sites is 1. The van der Waals surface area contributed by atoms with Gasteiger partial charge in [0.15, 0.2) is 0 Å². The van der Waals surface area contributed by atoms with Crippen LogP contribution in [0.15, 0.2) is 54.7 Å². The lowest BCUT2D eigenvalue weighted by Crippen LogP contribution is -1.85. The standard InChI is InChI=1S/C16H13N5/c17-12-7-4-8-13-15(12)20-16(19-13)11-9-18-21-14(11)10-5-2-1-3-6-10/h1-9H,17H2,(H,18,21)(H,19,20). The molecule has 2 heterocycles. The predicted octanol–water partition coefficient (Wildman–Crippen LogP) is 3.20. The lowest BCUT2D eigenvalue weighted by molar-refractivity contribution is 1.10. The van der Waals surface area contributed by atoms with E-state index in [2.05, 4.69) is 20.2 Å². The molecule has 0 atom stereocenters. The van der Waals surface area contributed by atoms with Crippen LogP contribution in [0.25, 0.3) is 33.7 Å². The molecule has 0 saturated heterocycles. The molecule has 21 heavy (non-hydrogen) atoms. The summed E-state index contributed by atoms with van der Waals surface area (Å²) in [6.45, 7) is 0. The number of hydrogen-bond donors (Lipinski definition) is 3. The number of benzene rings is 2. The number of nitrogen functional groups attached to an aromatic ring is 1. The zero-order chi connectivity index (χ0) is 14.2. The lowest BCUT2D eigenvalue weighted by Gasteiger charge is -1.99. The van der Waals surface area contributed by atoms with Gasteiger partial charge in [0.05, 0.1) is 22.3 Å². The first-order valence-corrected chi connectivity index (χ1v) is 6.67. The third kappa shape index (κ3) is 1.87. The summed E-state index contributed by atoms with van der Waals surface area (Å²) in [5.41, 5.74) is 11.2. The second kappa shape index (κ2) is 4.49. The van der Waals surface area contributed by atoms with Crippen LogP contribution < -0.4 is 5.73 Å². The highest BCUT2D eigenvalue weighted by atomic mass is 15.1. The molecule has 5 nitrogen and oxygen atoms in total. The molecule has 0 fully saturated rings. The summed E-state index contributed by atoms with van der Waals surface area (Å²) in [4.78, 5) is 7.89. The molecule has 102 valence electrons. The molecule has 0 radical (unpaired) electrons. The molecule has 0 aliphatic carbocycles. The highest BCUT2D eigenvalue weighted by Gasteiger charge is 2.14. The molecule has 0 unspecified atom stereocenters. The first-order chi connectivity index (χ1) is 10.3. The van der Waals surface area contributed by atoms with Gasteiger partial charge in [0.1, 0.15) is 11.5 Å². The van der Waals surface area contributed by atoms with Crippen LogP contribution in [0.4, 0.5) is 5.69 Å². The van der Waals surface area contributed by atoms with Crippen LogP contribution in [0.3, 0.4) is 0 Å². The fourth-order valence-corrected chi connectivity index (χ4v) is 2.47. The summed E-state index contributed by atoms with van der Waals surface area (Å²) in [6, 6.07) is 15.7. The lowest BCUT2D eigenvalue weighted by atomic mass is 10.1. The molecule has 0 bridgehead atoms. The number of anilines is 1. The van der Waals surface area contributed by atoms with Crippen molar-refractivity contribution in [3.05, 3.63) is 54.7 Å². The van der Waals surface area contributed by atoms with Gasteiger partial charge in [0, 0.05) is 11.8 Å². The Morgan fingerprint density at radius 3 is 2.62 bits per heavy atom. The molecule has 0 aliphatic heterocycles. The SMILES string of the molecule is Nc1cccc2nc(-c3c[nH]nc3-c3ccccc3)[nH]c12. The Morgan fingerprint density at radius 1 is 0.952 bits per heavy atom. The van der Waals surface area contributed by atoms with Gasteiger partial charge in [-0.3, -0.25) is 5.10 Å². The van der Waals surface area contributed by atoms with Crippen molar-refractivity contribution in [1.29, 1.82) is 0 Å². The topological polar surface area (TPSA) is 83.4 Å². The van der Waals surface area contributed by atoms with Crippen molar-refractivity contribution < 1.29 is 0 Å². The van der Waals surface area contributed by atoms with Crippen LogP contribution in [0.1, 0.15) is 0 Å². The van der Waals surface area contributed by atoms with E-state index >= 15 is 0 Å². The molecule has 0 spiro atoms. The summed E-state index contributed by atoms with van der Waals surface area (Å²) in [7, 11) is 0. The highest BCUT2D eigenvalue weighted by molar-refractivity contribution is 5.90. The third-order valence-corrected chi connectivity index (χ3v) is 3.49. The smallest absolute Gasteiger partial charge is 0.142 e. The number of nitrogens with one attached hydrogen (secondary N) is 2. The number of hydrogen-bond acceptors (Lipinski definition) is 3. The summed E-state index contributed by atoms with van der Waals surface area (Å²) in [6.07, 6.45) is 1.84. The molecular weight excluding hydrogens is 262 g/mol. The fourth-order valence-electron chi connectivity index (χ4n) is 2.47. The quantitative estimate of drug-likeness (QED) is 0.491. The number of nitrogens with zero attached hydrogens (tertiary/aromatic N) is 2. The number of imidazole rings is 1. The van der Waals surface area contributed by atoms with Crippen molar-refractivity contribution in [3.8, 4) is 22.6 Å². The molecule has 4 N–H and O–H groups in total. The number of rotatable bonds is 2. The minimum Gasteiger partial charge on any atom is -0.397 e. The van der Waals surface area contributed by atoms with Crippen LogP contribution in [0.5, 0.6) is 0 Å². The second-order valence-corrected chi connectivity index (χ2v) is 4.84. The van der Waals surface area contributed by atoms with E-state index in [0.29, 0.717) is 5.69 Å². The molecule has 5 heteroatoms. The largest absolute Gasteiger partial charge is 0.397 e. The maximum Gasteiger partial charge on any atom is 0.142 e. The van der Waals surface area contributed by atoms with E-state index in [4.69, 9.17) is 5.73 Å². The van der Waals surface area contributed by atoms with E-state index in [0.717, 1.165) is 33.7 Å². The number of aromatic amines is 2. The van der Waals surface area contributed by atoms with Crippen molar-refractivity contribution >= 4 is 16.7 Å². The first-order valence-electron chi connectivity index (χ1n) is 6.67. The van der Waals surface area contributed by atoms with Gasteiger partial charge in [-0.15, -0.1) is 0 Å². The van der Waals surface area contributed by atoms with Gasteiger partial charge in [-0.1, -0.05) is 36.4 Å². The van der Waals surface area contributed by atoms with E-state index in [9.17, 15) is 0 Å². The summed E-state index contributed by atoms with van der Waals surface area (Å²) >= 11 is 0. The van der Waals surface area contributed by atoms with Crippen molar-refractivity contribution in [3.63, 3.8) is 0 Å². The third-order valence-electron chi connectivity index (χ3n) is 3.49. The minimum atomic E-state index is 0.691. The Balaban J connectivity index is 1.90. The fraction of sp³-hybridized carbons (Fsp3) is 0. The predicted molar refractivity (Wildman–Crippen MR) is 83.5 cm³/mol. The van der Waals surface area contributed by atoms with Crippen LogP contribution in [-0.2, 0) is 0 Å². The molecule has 2 aromatic carbocycles. The Labute approximate surface area is 120 Å². The Hall–Kier alpha value is -3.08. The molecular formula is C16H13N5. The van der Waals surface area contributed by atoms with E-state index in [-0.39, 0.29) is 0 Å². The summed E-state index contributed by atoms with van der Waals surface area (Å²) < 4.78 is 0. The molecule has 0 saturated carbocycles. The van der Waals surface area contributed by atoms with Crippen LogP contribution in [0, 0.1) is 0 Å². The van der Waals surface area contributed by atoms with Crippen molar-refractivity contribution in [2.45, 2.75) is 0 Å². The van der Waals surface area contributed by atoms with Crippen molar-refractivity contribution in [2.75, 3.05) is 5.73 Å². The molecule has 2 aromatic heterocycles. The van der Waals surface area contributed by atoms with E-state index in [1.165, 1.54) is 0 Å². The zero-order valence-electron chi connectivity index (χ0n) is 11.2. The van der Waals surface area contributed by atoms with E-state index in [1.54, 1.807) is 0 Å². The van der Waals surface area contributed by atoms with Gasteiger partial charge < -0.3 is 10.7 Å². The summed E-state index contributed by atoms with van der Waals surface area (Å²) in [5.74, 6) is 0.760. The van der Waals surface area contributed by atoms with Crippen LogP contribution >= 0.6 is 0 Å². The number of aromatic nitrogens is 4. The van der Waals surface area contributed by atoms with Crippen molar-refractivity contribution in [1.82, 2.24) is 20.2 Å². The Bertz CT molecular complexity index is 905. The van der Waals surface area contributed by atoms with E-state index in [1.807, 2.05) is 54.7 Å². The number of H-pyrrole nitrogens is 2. The van der Waals surface area contributed by atoms with Gasteiger partial charge in [-0.2, -0.15) is 5.10 Å². The Kier molecular flexibility index (Phi) is 2.50. The maximum atomic E-state index is 5.98. The van der Waals surface area contributed by atoms with Crippen LogP contribution in [-0.4, -0.2) is 20.2 Å². The normalized spacial score (nSPS) is 11.0. The van der Waals surface area contributed by atoms with Gasteiger partial charge in [-0.05, 0) is 12.1 Å². The Morgan fingerprint density at radius 2 is 1.81 bits per heavy atom.